The molecule has 2 aromatic heterocycles. The molecular formula is C30H37ClN6O3. The molecule has 9 nitrogen and oxygen atoms in total. The fourth-order valence-electron chi connectivity index (χ4n) is 6.35. The number of nitrogens with zero attached hydrogens (tertiary/aromatic N) is 5. The summed E-state index contributed by atoms with van der Waals surface area (Å²) < 4.78 is 9.46. The van der Waals surface area contributed by atoms with Crippen molar-refractivity contribution in [1.29, 1.82) is 0 Å². The minimum atomic E-state index is -1.02. The second-order valence-corrected chi connectivity index (χ2v) is 10.8. The van der Waals surface area contributed by atoms with Crippen LogP contribution in [0.5, 0.6) is 0 Å². The minimum absolute atomic E-state index is 0. The molecular weight excluding hydrogens is 528 g/mol. The third-order valence-corrected chi connectivity index (χ3v) is 8.28. The first-order valence-corrected chi connectivity index (χ1v) is 13.8. The molecule has 212 valence electrons. The summed E-state index contributed by atoms with van der Waals surface area (Å²) in [4.78, 5) is 21.0. The molecule has 0 radical (unpaired) electrons. The van der Waals surface area contributed by atoms with Crippen LogP contribution in [-0.4, -0.2) is 80.2 Å². The number of ether oxygens (including phenoxy) is 1. The Hall–Kier alpha value is -3.24. The van der Waals surface area contributed by atoms with E-state index in [1.807, 2.05) is 62.8 Å². The topological polar surface area (TPSA) is 97.4 Å². The van der Waals surface area contributed by atoms with Gasteiger partial charge in [0.2, 0.25) is 0 Å². The van der Waals surface area contributed by atoms with Crippen LogP contribution in [0.3, 0.4) is 0 Å². The van der Waals surface area contributed by atoms with Crippen molar-refractivity contribution in [2.75, 3.05) is 33.4 Å². The monoisotopic (exact) mass is 564 g/mol. The number of rotatable bonds is 7. The first-order valence-electron chi connectivity index (χ1n) is 13.8. The zero-order chi connectivity index (χ0) is 26.8. The second-order valence-electron chi connectivity index (χ2n) is 10.8. The van der Waals surface area contributed by atoms with E-state index in [-0.39, 0.29) is 37.0 Å². The number of para-hydroxylation sites is 1. The highest BCUT2D eigenvalue weighted by Crippen LogP contribution is 2.41. The predicted octanol–water partition coefficient (Wildman–Crippen LogP) is 3.93. The summed E-state index contributed by atoms with van der Waals surface area (Å²) in [6.07, 6.45) is 7.01. The maximum Gasteiger partial charge on any atom is 0.275 e. The minimum Gasteiger partial charge on any atom is -0.385 e. The SMILES string of the molecule is COC[C@]1(O)CCCC[C@H]1n1cnc(C(=O)N2CCNC[C@H]2Cn2ncc3ccccc32)c1-c1ccccc1.Cl. The molecule has 0 unspecified atom stereocenters. The van der Waals surface area contributed by atoms with Crippen LogP contribution in [0.25, 0.3) is 22.2 Å². The van der Waals surface area contributed by atoms with Crippen molar-refractivity contribution < 1.29 is 14.6 Å². The molecule has 2 fully saturated rings. The highest BCUT2D eigenvalue weighted by atomic mass is 35.5. The fourth-order valence-corrected chi connectivity index (χ4v) is 6.35. The Labute approximate surface area is 240 Å². The van der Waals surface area contributed by atoms with Crippen LogP contribution < -0.4 is 5.32 Å². The summed E-state index contributed by atoms with van der Waals surface area (Å²) in [7, 11) is 1.62. The van der Waals surface area contributed by atoms with Crippen molar-refractivity contribution in [2.24, 2.45) is 0 Å². The van der Waals surface area contributed by atoms with E-state index in [1.165, 1.54) is 0 Å². The Bertz CT molecular complexity index is 1440. The molecule has 10 heteroatoms. The Kier molecular flexibility index (Phi) is 8.56. The largest absolute Gasteiger partial charge is 0.385 e. The number of benzene rings is 2. The maximum absolute atomic E-state index is 14.3. The summed E-state index contributed by atoms with van der Waals surface area (Å²) in [5, 5.41) is 20.8. The van der Waals surface area contributed by atoms with Gasteiger partial charge in [0.25, 0.3) is 5.91 Å². The molecule has 2 N–H and O–H groups in total. The third-order valence-electron chi connectivity index (χ3n) is 8.28. The number of aliphatic hydroxyl groups is 1. The molecule has 2 aromatic carbocycles. The number of methoxy groups -OCH3 is 1. The lowest BCUT2D eigenvalue weighted by Crippen LogP contribution is -2.55. The van der Waals surface area contributed by atoms with E-state index < -0.39 is 5.60 Å². The van der Waals surface area contributed by atoms with Crippen LogP contribution >= 0.6 is 12.4 Å². The number of hydrogen-bond donors (Lipinski definition) is 2. The second kappa shape index (κ2) is 12.1. The van der Waals surface area contributed by atoms with Gasteiger partial charge in [0.05, 0.1) is 49.0 Å². The van der Waals surface area contributed by atoms with E-state index in [1.54, 1.807) is 13.4 Å². The Morgan fingerprint density at radius 2 is 1.95 bits per heavy atom. The molecule has 0 bridgehead atoms. The molecule has 1 saturated carbocycles. The number of amides is 1. The van der Waals surface area contributed by atoms with Gasteiger partial charge < -0.3 is 24.6 Å². The Balaban J connectivity index is 0.00000323. The van der Waals surface area contributed by atoms with Gasteiger partial charge in [0.15, 0.2) is 5.69 Å². The number of carbonyl (C=O) groups is 1. The molecule has 1 saturated heterocycles. The molecule has 4 aromatic rings. The molecule has 3 atom stereocenters. The summed E-state index contributed by atoms with van der Waals surface area (Å²) in [5.41, 5.74) is 2.12. The summed E-state index contributed by atoms with van der Waals surface area (Å²) >= 11 is 0. The van der Waals surface area contributed by atoms with Crippen molar-refractivity contribution in [1.82, 2.24) is 29.5 Å². The van der Waals surface area contributed by atoms with Gasteiger partial charge in [0.1, 0.15) is 5.60 Å². The van der Waals surface area contributed by atoms with E-state index in [4.69, 9.17) is 9.72 Å². The fraction of sp³-hybridized carbons (Fsp3) is 0.433. The Morgan fingerprint density at radius 1 is 1.15 bits per heavy atom. The third kappa shape index (κ3) is 5.26. The first kappa shape index (κ1) is 28.3. The van der Waals surface area contributed by atoms with Crippen molar-refractivity contribution >= 4 is 29.2 Å². The van der Waals surface area contributed by atoms with Crippen LogP contribution in [0.1, 0.15) is 42.2 Å². The van der Waals surface area contributed by atoms with E-state index in [0.717, 1.165) is 48.0 Å². The van der Waals surface area contributed by atoms with E-state index >= 15 is 0 Å². The molecule has 2 aliphatic rings. The van der Waals surface area contributed by atoms with Crippen molar-refractivity contribution in [2.45, 2.75) is 49.9 Å². The van der Waals surface area contributed by atoms with E-state index in [9.17, 15) is 9.90 Å². The van der Waals surface area contributed by atoms with Crippen molar-refractivity contribution in [3.63, 3.8) is 0 Å². The van der Waals surface area contributed by atoms with Crippen LogP contribution in [0.2, 0.25) is 0 Å². The van der Waals surface area contributed by atoms with Crippen LogP contribution in [0.15, 0.2) is 67.1 Å². The normalized spacial score (nSPS) is 23.2. The van der Waals surface area contributed by atoms with Crippen molar-refractivity contribution in [3.05, 3.63) is 72.8 Å². The standard InChI is InChI=1S/C30H36N6O3.ClH/c1-39-20-30(38)14-8-7-13-26(30)35-21-32-27(28(35)22-9-3-2-4-10-22)29(37)34-16-15-31-18-24(34)19-36-25-12-6-5-11-23(25)17-33-36;/h2-6,9-12,17,21,24,26,31,38H,7-8,13-16,18-20H2,1H3;1H/t24-,26+,30+;/m0./s1. The quantitative estimate of drug-likeness (QED) is 0.353. The molecule has 6 rings (SSSR count). The zero-order valence-corrected chi connectivity index (χ0v) is 23.6. The van der Waals surface area contributed by atoms with Crippen LogP contribution in [0.4, 0.5) is 0 Å². The molecule has 1 amide bonds. The van der Waals surface area contributed by atoms with Gasteiger partial charge in [-0.3, -0.25) is 9.48 Å². The van der Waals surface area contributed by atoms with Gasteiger partial charge in [0, 0.05) is 37.7 Å². The van der Waals surface area contributed by atoms with Crippen molar-refractivity contribution in [3.8, 4) is 11.3 Å². The van der Waals surface area contributed by atoms with Gasteiger partial charge in [-0.25, -0.2) is 4.98 Å². The highest BCUT2D eigenvalue weighted by molar-refractivity contribution is 5.98. The van der Waals surface area contributed by atoms with E-state index in [2.05, 4.69) is 22.5 Å². The number of piperazine rings is 1. The average Bonchev–Trinajstić information content (AvgIpc) is 3.58. The number of carbonyl (C=O) groups excluding carboxylic acids is 1. The molecule has 1 aliphatic heterocycles. The summed E-state index contributed by atoms with van der Waals surface area (Å²) in [5.74, 6) is -0.0957. The first-order chi connectivity index (χ1) is 19.1. The number of fused-ring (bicyclic) bond motifs is 1. The van der Waals surface area contributed by atoms with Crippen LogP contribution in [-0.2, 0) is 11.3 Å². The lowest BCUT2D eigenvalue weighted by molar-refractivity contribution is -0.0893. The summed E-state index contributed by atoms with van der Waals surface area (Å²) in [6.45, 7) is 2.81. The lowest BCUT2D eigenvalue weighted by Gasteiger charge is -2.41. The molecule has 40 heavy (non-hydrogen) atoms. The average molecular weight is 565 g/mol. The maximum atomic E-state index is 14.3. The molecule has 1 aliphatic carbocycles. The van der Waals surface area contributed by atoms with Crippen LogP contribution in [0, 0.1) is 0 Å². The predicted molar refractivity (Wildman–Crippen MR) is 157 cm³/mol. The van der Waals surface area contributed by atoms with E-state index in [0.29, 0.717) is 31.7 Å². The zero-order valence-electron chi connectivity index (χ0n) is 22.8. The Morgan fingerprint density at radius 3 is 2.77 bits per heavy atom. The molecule has 3 heterocycles. The smallest absolute Gasteiger partial charge is 0.275 e. The number of halogens is 1. The summed E-state index contributed by atoms with van der Waals surface area (Å²) in [6, 6.07) is 17.7. The number of aromatic nitrogens is 4. The lowest BCUT2D eigenvalue weighted by atomic mass is 9.80. The van der Waals surface area contributed by atoms with Gasteiger partial charge in [-0.2, -0.15) is 5.10 Å². The number of nitrogens with one attached hydrogen (secondary N) is 1. The van der Waals surface area contributed by atoms with Gasteiger partial charge in [-0.05, 0) is 18.9 Å². The number of imidazole rings is 1. The highest BCUT2D eigenvalue weighted by Gasteiger charge is 2.42. The number of hydrogen-bond acceptors (Lipinski definition) is 6. The van der Waals surface area contributed by atoms with Gasteiger partial charge >= 0.3 is 0 Å². The van der Waals surface area contributed by atoms with Gasteiger partial charge in [-0.15, -0.1) is 12.4 Å². The molecule has 0 spiro atoms. The van der Waals surface area contributed by atoms with Gasteiger partial charge in [-0.1, -0.05) is 61.4 Å².